The van der Waals surface area contributed by atoms with Gasteiger partial charge in [-0.1, -0.05) is 11.6 Å². The van der Waals surface area contributed by atoms with Crippen LogP contribution in [0.25, 0.3) is 0 Å². The van der Waals surface area contributed by atoms with Gasteiger partial charge in [-0.3, -0.25) is 14.9 Å². The maximum absolute atomic E-state index is 9.89. The number of allylic oxidation sites excluding steroid dienone is 2. The number of piperidine rings is 1. The zero-order valence-electron chi connectivity index (χ0n) is 13.5. The van der Waals surface area contributed by atoms with Crippen LogP contribution < -0.4 is 0 Å². The highest BCUT2D eigenvalue weighted by atomic mass is 16.3. The third kappa shape index (κ3) is 4.61. The minimum absolute atomic E-state index is 0.00758. The van der Waals surface area contributed by atoms with Gasteiger partial charge in [0.2, 0.25) is 0 Å². The molecule has 0 aromatic carbocycles. The molecule has 21 heavy (non-hydrogen) atoms. The fraction of sp³-hybridized carbons (Fsp3) is 0.647. The maximum atomic E-state index is 9.89. The predicted molar refractivity (Wildman–Crippen MR) is 84.8 cm³/mol. The van der Waals surface area contributed by atoms with Crippen molar-refractivity contribution < 1.29 is 5.11 Å². The molecule has 4 nitrogen and oxygen atoms in total. The van der Waals surface area contributed by atoms with Gasteiger partial charge < -0.3 is 5.11 Å². The van der Waals surface area contributed by atoms with Crippen LogP contribution in [0, 0.1) is 12.3 Å². The number of rotatable bonds is 5. The molecule has 0 saturated carbocycles. The minimum Gasteiger partial charge on any atom is -0.396 e. The van der Waals surface area contributed by atoms with E-state index in [2.05, 4.69) is 34.8 Å². The van der Waals surface area contributed by atoms with Crippen LogP contribution in [-0.4, -0.2) is 39.7 Å². The zero-order valence-corrected chi connectivity index (χ0v) is 13.5. The second-order valence-electron chi connectivity index (χ2n) is 6.61. The Morgan fingerprint density at radius 1 is 1.38 bits per heavy atom. The maximum Gasteiger partial charge on any atom is 0.0727 e. The molecule has 0 bridgehead atoms. The van der Waals surface area contributed by atoms with Crippen molar-refractivity contribution in [2.24, 2.45) is 5.41 Å². The molecule has 1 aromatic heterocycles. The van der Waals surface area contributed by atoms with Crippen molar-refractivity contribution >= 4 is 0 Å². The van der Waals surface area contributed by atoms with Crippen molar-refractivity contribution in [2.45, 2.75) is 46.6 Å². The number of hydrogen-bond acceptors (Lipinski definition) is 4. The van der Waals surface area contributed by atoms with Crippen LogP contribution in [0.2, 0.25) is 0 Å². The van der Waals surface area contributed by atoms with Crippen molar-refractivity contribution in [1.29, 1.82) is 0 Å². The third-order valence-electron chi connectivity index (χ3n) is 4.24. The summed E-state index contributed by atoms with van der Waals surface area (Å²) >= 11 is 0. The molecule has 2 heterocycles. The number of hydrogen-bond donors (Lipinski definition) is 1. The van der Waals surface area contributed by atoms with Gasteiger partial charge in [0.05, 0.1) is 18.0 Å². The first-order valence-electron chi connectivity index (χ1n) is 7.77. The van der Waals surface area contributed by atoms with Gasteiger partial charge in [0.25, 0.3) is 0 Å². The molecule has 0 unspecified atom stereocenters. The largest absolute Gasteiger partial charge is 0.396 e. The van der Waals surface area contributed by atoms with E-state index in [0.29, 0.717) is 0 Å². The van der Waals surface area contributed by atoms with E-state index in [9.17, 15) is 5.11 Å². The minimum atomic E-state index is 0.00758. The molecule has 1 aromatic rings. The molecule has 1 saturated heterocycles. The topological polar surface area (TPSA) is 49.2 Å². The molecule has 1 N–H and O–H groups in total. The molecule has 0 radical (unpaired) electrons. The molecule has 1 aliphatic rings. The van der Waals surface area contributed by atoms with Gasteiger partial charge in [-0.25, -0.2) is 0 Å². The lowest BCUT2D eigenvalue weighted by atomic mass is 9.77. The lowest BCUT2D eigenvalue weighted by Crippen LogP contribution is -2.44. The molecule has 0 spiro atoms. The summed E-state index contributed by atoms with van der Waals surface area (Å²) in [5.41, 5.74) is 3.29. The van der Waals surface area contributed by atoms with Crippen LogP contribution in [0.4, 0.5) is 0 Å². The van der Waals surface area contributed by atoms with Crippen molar-refractivity contribution in [3.63, 3.8) is 0 Å². The highest BCUT2D eigenvalue weighted by Crippen LogP contribution is 2.34. The van der Waals surface area contributed by atoms with Crippen LogP contribution in [0.1, 0.15) is 44.5 Å². The second kappa shape index (κ2) is 7.14. The molecule has 0 aliphatic carbocycles. The summed E-state index contributed by atoms with van der Waals surface area (Å²) in [6.45, 7) is 9.28. The quantitative estimate of drug-likeness (QED) is 0.847. The summed E-state index contributed by atoms with van der Waals surface area (Å²) in [5.74, 6) is 0. The molecule has 2 rings (SSSR count). The average molecular weight is 289 g/mol. The predicted octanol–water partition coefficient (Wildman–Crippen LogP) is 2.72. The summed E-state index contributed by atoms with van der Waals surface area (Å²) in [5, 5.41) is 9.89. The van der Waals surface area contributed by atoms with Crippen LogP contribution in [0.5, 0.6) is 0 Å². The summed E-state index contributed by atoms with van der Waals surface area (Å²) in [6, 6.07) is 0. The highest BCUT2D eigenvalue weighted by molar-refractivity contribution is 5.03. The number of aryl methyl sites for hydroxylation is 1. The first-order valence-corrected chi connectivity index (χ1v) is 7.77. The highest BCUT2D eigenvalue weighted by Gasteiger charge is 2.34. The summed E-state index contributed by atoms with van der Waals surface area (Å²) < 4.78 is 0. The van der Waals surface area contributed by atoms with Crippen molar-refractivity contribution in [2.75, 3.05) is 19.7 Å². The normalized spacial score (nSPS) is 23.0. The number of nitrogens with zero attached hydrogens (tertiary/aromatic N) is 3. The Labute approximate surface area is 127 Å². The SMILES string of the molecule is CC(C)=CC[C@]1(CO)CCCN(Cc2cnc(C)cn2)C1. The Balaban J connectivity index is 2.01. The molecule has 0 amide bonds. The Morgan fingerprint density at radius 2 is 2.19 bits per heavy atom. The molecule has 4 heteroatoms. The Morgan fingerprint density at radius 3 is 2.81 bits per heavy atom. The average Bonchev–Trinajstić information content (AvgIpc) is 2.48. The standard InChI is InChI=1S/C17H27N3O/c1-14(2)5-7-17(13-21)6-4-8-20(12-17)11-16-10-18-15(3)9-19-16/h5,9-10,21H,4,6-8,11-13H2,1-3H3/t17-/m1/s1. The van der Waals surface area contributed by atoms with Gasteiger partial charge in [0, 0.05) is 30.9 Å². The zero-order chi connectivity index (χ0) is 15.3. The van der Waals surface area contributed by atoms with E-state index in [1.165, 1.54) is 5.57 Å². The van der Waals surface area contributed by atoms with Crippen molar-refractivity contribution in [3.05, 3.63) is 35.4 Å². The number of aliphatic hydroxyl groups excluding tert-OH is 1. The van der Waals surface area contributed by atoms with Crippen LogP contribution in [0.15, 0.2) is 24.0 Å². The third-order valence-corrected chi connectivity index (χ3v) is 4.24. The van der Waals surface area contributed by atoms with Gasteiger partial charge in [-0.05, 0) is 46.6 Å². The molecule has 1 atom stereocenters. The van der Waals surface area contributed by atoms with E-state index in [1.807, 2.05) is 19.3 Å². The van der Waals surface area contributed by atoms with Gasteiger partial charge in [-0.2, -0.15) is 0 Å². The lowest BCUT2D eigenvalue weighted by molar-refractivity contribution is 0.0301. The summed E-state index contributed by atoms with van der Waals surface area (Å²) in [7, 11) is 0. The lowest BCUT2D eigenvalue weighted by Gasteiger charge is -2.41. The Bertz CT molecular complexity index is 479. The van der Waals surface area contributed by atoms with E-state index in [1.54, 1.807) is 0 Å². The van der Waals surface area contributed by atoms with E-state index in [0.717, 1.165) is 50.3 Å². The molecule has 1 aliphatic heterocycles. The number of aliphatic hydroxyl groups is 1. The first kappa shape index (κ1) is 16.1. The van der Waals surface area contributed by atoms with E-state index < -0.39 is 0 Å². The fourth-order valence-electron chi connectivity index (χ4n) is 2.96. The Hall–Kier alpha value is -1.26. The van der Waals surface area contributed by atoms with Crippen molar-refractivity contribution in [3.8, 4) is 0 Å². The van der Waals surface area contributed by atoms with E-state index in [-0.39, 0.29) is 12.0 Å². The van der Waals surface area contributed by atoms with Gasteiger partial charge in [0.1, 0.15) is 0 Å². The van der Waals surface area contributed by atoms with E-state index in [4.69, 9.17) is 0 Å². The van der Waals surface area contributed by atoms with Crippen LogP contribution in [-0.2, 0) is 6.54 Å². The Kier molecular flexibility index (Phi) is 5.48. The van der Waals surface area contributed by atoms with Crippen molar-refractivity contribution in [1.82, 2.24) is 14.9 Å². The van der Waals surface area contributed by atoms with Crippen LogP contribution >= 0.6 is 0 Å². The first-order chi connectivity index (χ1) is 10.0. The van der Waals surface area contributed by atoms with Gasteiger partial charge in [-0.15, -0.1) is 0 Å². The van der Waals surface area contributed by atoms with E-state index >= 15 is 0 Å². The van der Waals surface area contributed by atoms with Crippen LogP contribution in [0.3, 0.4) is 0 Å². The summed E-state index contributed by atoms with van der Waals surface area (Å²) in [4.78, 5) is 11.2. The fourth-order valence-corrected chi connectivity index (χ4v) is 2.96. The smallest absolute Gasteiger partial charge is 0.0727 e. The summed E-state index contributed by atoms with van der Waals surface area (Å²) in [6.07, 6.45) is 9.13. The number of likely N-dealkylation sites (tertiary alicyclic amines) is 1. The second-order valence-corrected chi connectivity index (χ2v) is 6.61. The molecule has 1 fully saturated rings. The molecule has 116 valence electrons. The number of aromatic nitrogens is 2. The monoisotopic (exact) mass is 289 g/mol. The molecular formula is C17H27N3O. The van der Waals surface area contributed by atoms with Gasteiger partial charge in [0.15, 0.2) is 0 Å². The molecular weight excluding hydrogens is 262 g/mol. The van der Waals surface area contributed by atoms with Gasteiger partial charge >= 0.3 is 0 Å².